The van der Waals surface area contributed by atoms with Crippen LogP contribution in [-0.2, 0) is 13.0 Å². The second kappa shape index (κ2) is 8.18. The smallest absolute Gasteiger partial charge is 0.335 e. The molecular formula is C24H20N2O4. The molecule has 2 amide bonds. The van der Waals surface area contributed by atoms with Crippen LogP contribution in [-0.4, -0.2) is 22.0 Å². The fraction of sp³-hybridized carbons (Fsp3) is 0.167. The number of carboxylic acid groups (broad SMARTS) is 1. The molecule has 2 aromatic carbocycles. The lowest BCUT2D eigenvalue weighted by atomic mass is 10.0. The van der Waals surface area contributed by atoms with Crippen molar-refractivity contribution in [2.24, 2.45) is 0 Å². The van der Waals surface area contributed by atoms with Crippen molar-refractivity contribution in [3.8, 4) is 11.8 Å². The zero-order valence-electron chi connectivity index (χ0n) is 16.4. The SMILES string of the molecule is CC(c1ccc(C(=O)O)cc1)N1Cc2oc(C#CCc3ccccc3)cc2NC1=O. The van der Waals surface area contributed by atoms with Crippen LogP contribution < -0.4 is 5.32 Å². The number of nitrogens with one attached hydrogen (secondary N) is 1. The number of anilines is 1. The van der Waals surface area contributed by atoms with Gasteiger partial charge in [0.15, 0.2) is 5.76 Å². The Hall–Kier alpha value is -3.98. The van der Waals surface area contributed by atoms with Crippen molar-refractivity contribution in [2.45, 2.75) is 25.9 Å². The van der Waals surface area contributed by atoms with Crippen molar-refractivity contribution in [3.63, 3.8) is 0 Å². The van der Waals surface area contributed by atoms with Crippen LogP contribution in [0, 0.1) is 11.8 Å². The summed E-state index contributed by atoms with van der Waals surface area (Å²) in [5, 5.41) is 11.9. The first-order valence-electron chi connectivity index (χ1n) is 9.57. The van der Waals surface area contributed by atoms with E-state index in [1.807, 2.05) is 37.3 Å². The van der Waals surface area contributed by atoms with E-state index < -0.39 is 5.97 Å². The molecule has 150 valence electrons. The van der Waals surface area contributed by atoms with Crippen molar-refractivity contribution in [2.75, 3.05) is 5.32 Å². The van der Waals surface area contributed by atoms with E-state index in [0.29, 0.717) is 30.2 Å². The number of hydrogen-bond acceptors (Lipinski definition) is 3. The third kappa shape index (κ3) is 4.06. The first-order chi connectivity index (χ1) is 14.5. The standard InChI is InChI=1S/C24H20N2O4/c1-16(18-10-12-19(13-11-18)23(27)28)26-15-22-21(25-24(26)29)14-20(30-22)9-5-8-17-6-3-2-4-7-17/h2-4,6-7,10-14,16H,8,15H2,1H3,(H,25,29)(H,27,28). The van der Waals surface area contributed by atoms with Crippen LogP contribution >= 0.6 is 0 Å². The Bertz CT molecular complexity index is 1140. The van der Waals surface area contributed by atoms with E-state index in [0.717, 1.165) is 11.1 Å². The maximum Gasteiger partial charge on any atom is 0.335 e. The summed E-state index contributed by atoms with van der Waals surface area (Å²) in [6, 6.07) is 17.7. The predicted molar refractivity (Wildman–Crippen MR) is 112 cm³/mol. The van der Waals surface area contributed by atoms with Crippen LogP contribution in [0.5, 0.6) is 0 Å². The number of furan rings is 1. The largest absolute Gasteiger partial charge is 0.478 e. The van der Waals surface area contributed by atoms with Gasteiger partial charge in [-0.05, 0) is 36.1 Å². The molecule has 1 aliphatic rings. The number of hydrogen-bond donors (Lipinski definition) is 2. The van der Waals surface area contributed by atoms with Gasteiger partial charge >= 0.3 is 12.0 Å². The molecule has 0 fully saturated rings. The van der Waals surface area contributed by atoms with Crippen LogP contribution in [0.1, 0.15) is 46.0 Å². The Kier molecular flexibility index (Phi) is 5.27. The summed E-state index contributed by atoms with van der Waals surface area (Å²) < 4.78 is 5.85. The van der Waals surface area contributed by atoms with E-state index in [2.05, 4.69) is 17.2 Å². The second-order valence-corrected chi connectivity index (χ2v) is 7.07. The number of benzene rings is 2. The Morgan fingerprint density at radius 1 is 1.20 bits per heavy atom. The maximum atomic E-state index is 12.6. The molecular weight excluding hydrogens is 380 g/mol. The molecule has 0 bridgehead atoms. The maximum absolute atomic E-state index is 12.6. The van der Waals surface area contributed by atoms with Gasteiger partial charge in [-0.2, -0.15) is 0 Å². The summed E-state index contributed by atoms with van der Waals surface area (Å²) in [7, 11) is 0. The summed E-state index contributed by atoms with van der Waals surface area (Å²) in [5.41, 5.74) is 2.81. The minimum Gasteiger partial charge on any atom is -0.478 e. The lowest BCUT2D eigenvalue weighted by Gasteiger charge is -2.32. The fourth-order valence-electron chi connectivity index (χ4n) is 3.35. The Labute approximate surface area is 174 Å². The molecule has 6 nitrogen and oxygen atoms in total. The number of carbonyl (C=O) groups excluding carboxylic acids is 1. The zero-order chi connectivity index (χ0) is 21.1. The van der Waals surface area contributed by atoms with Gasteiger partial charge in [0.2, 0.25) is 0 Å². The molecule has 1 aromatic heterocycles. The minimum atomic E-state index is -0.981. The van der Waals surface area contributed by atoms with E-state index in [4.69, 9.17) is 9.52 Å². The highest BCUT2D eigenvalue weighted by atomic mass is 16.4. The number of aromatic carboxylic acids is 1. The average Bonchev–Trinajstić information content (AvgIpc) is 3.15. The van der Waals surface area contributed by atoms with Crippen molar-refractivity contribution in [1.82, 2.24) is 4.90 Å². The van der Waals surface area contributed by atoms with E-state index in [1.54, 1.807) is 23.1 Å². The molecule has 1 aliphatic heterocycles. The number of carbonyl (C=O) groups is 2. The van der Waals surface area contributed by atoms with E-state index in [9.17, 15) is 9.59 Å². The Morgan fingerprint density at radius 2 is 1.93 bits per heavy atom. The third-order valence-corrected chi connectivity index (χ3v) is 5.08. The zero-order valence-corrected chi connectivity index (χ0v) is 16.4. The molecule has 30 heavy (non-hydrogen) atoms. The first kappa shape index (κ1) is 19.3. The van der Waals surface area contributed by atoms with Crippen LogP contribution in [0.4, 0.5) is 10.5 Å². The first-order valence-corrected chi connectivity index (χ1v) is 9.57. The predicted octanol–water partition coefficient (Wildman–Crippen LogP) is 4.68. The van der Waals surface area contributed by atoms with Gasteiger partial charge in [0.05, 0.1) is 23.8 Å². The highest BCUT2D eigenvalue weighted by Crippen LogP contribution is 2.32. The third-order valence-electron chi connectivity index (χ3n) is 5.08. The van der Waals surface area contributed by atoms with Crippen molar-refractivity contribution < 1.29 is 19.1 Å². The minimum absolute atomic E-state index is 0.209. The van der Waals surface area contributed by atoms with Gasteiger partial charge in [0.25, 0.3) is 0 Å². The quantitative estimate of drug-likeness (QED) is 0.623. The summed E-state index contributed by atoms with van der Waals surface area (Å²) in [4.78, 5) is 25.3. The molecule has 0 saturated carbocycles. The summed E-state index contributed by atoms with van der Waals surface area (Å²) in [5.74, 6) is 6.29. The molecule has 0 aliphatic carbocycles. The lowest BCUT2D eigenvalue weighted by molar-refractivity contribution is 0.0696. The monoisotopic (exact) mass is 400 g/mol. The molecule has 2 heterocycles. The average molecular weight is 400 g/mol. The van der Waals surface area contributed by atoms with Gasteiger partial charge in [-0.1, -0.05) is 48.4 Å². The molecule has 1 atom stereocenters. The number of carboxylic acids is 1. The van der Waals surface area contributed by atoms with Gasteiger partial charge in [0.1, 0.15) is 5.76 Å². The molecule has 0 saturated heterocycles. The molecule has 4 rings (SSSR count). The van der Waals surface area contributed by atoms with E-state index in [1.165, 1.54) is 12.1 Å². The van der Waals surface area contributed by atoms with Crippen LogP contribution in [0.15, 0.2) is 65.1 Å². The number of amides is 2. The topological polar surface area (TPSA) is 82.8 Å². The summed E-state index contributed by atoms with van der Waals surface area (Å²) in [6.45, 7) is 2.20. The number of fused-ring (bicyclic) bond motifs is 1. The van der Waals surface area contributed by atoms with Gasteiger partial charge in [0, 0.05) is 12.5 Å². The lowest BCUT2D eigenvalue weighted by Crippen LogP contribution is -2.39. The molecule has 2 N–H and O–H groups in total. The van der Waals surface area contributed by atoms with E-state index >= 15 is 0 Å². The normalized spacial score (nSPS) is 13.6. The second-order valence-electron chi connectivity index (χ2n) is 7.07. The van der Waals surface area contributed by atoms with Gasteiger partial charge < -0.3 is 19.7 Å². The number of nitrogens with zero attached hydrogens (tertiary/aromatic N) is 1. The van der Waals surface area contributed by atoms with Crippen molar-refractivity contribution in [3.05, 3.63) is 88.9 Å². The number of rotatable bonds is 4. The van der Waals surface area contributed by atoms with Crippen LogP contribution in [0.25, 0.3) is 0 Å². The molecule has 0 spiro atoms. The Balaban J connectivity index is 1.48. The van der Waals surface area contributed by atoms with Crippen LogP contribution in [0.2, 0.25) is 0 Å². The van der Waals surface area contributed by atoms with Gasteiger partial charge in [-0.15, -0.1) is 0 Å². The number of urea groups is 1. The van der Waals surface area contributed by atoms with Crippen LogP contribution in [0.3, 0.4) is 0 Å². The van der Waals surface area contributed by atoms with Crippen molar-refractivity contribution in [1.29, 1.82) is 0 Å². The molecule has 0 radical (unpaired) electrons. The van der Waals surface area contributed by atoms with Gasteiger partial charge in [-0.25, -0.2) is 9.59 Å². The van der Waals surface area contributed by atoms with Gasteiger partial charge in [-0.3, -0.25) is 0 Å². The Morgan fingerprint density at radius 3 is 2.63 bits per heavy atom. The van der Waals surface area contributed by atoms with Crippen molar-refractivity contribution >= 4 is 17.7 Å². The molecule has 3 aromatic rings. The highest BCUT2D eigenvalue weighted by Gasteiger charge is 2.30. The molecule has 1 unspecified atom stereocenters. The highest BCUT2D eigenvalue weighted by molar-refractivity contribution is 5.92. The molecule has 6 heteroatoms. The summed E-state index contributed by atoms with van der Waals surface area (Å²) in [6.07, 6.45) is 0.619. The fourth-order valence-corrected chi connectivity index (χ4v) is 3.35. The summed E-state index contributed by atoms with van der Waals surface area (Å²) >= 11 is 0. The van der Waals surface area contributed by atoms with E-state index in [-0.39, 0.29) is 17.6 Å².